The van der Waals surface area contributed by atoms with Crippen LogP contribution in [0.5, 0.6) is 0 Å². The van der Waals surface area contributed by atoms with E-state index in [-0.39, 0.29) is 6.04 Å². The summed E-state index contributed by atoms with van der Waals surface area (Å²) in [5.74, 6) is -1.05. The minimum absolute atomic E-state index is 0.00862. The largest absolute Gasteiger partial charge is 0.480 e. The van der Waals surface area contributed by atoms with Crippen LogP contribution in [-0.4, -0.2) is 42.4 Å². The second kappa shape index (κ2) is 6.62. The van der Waals surface area contributed by atoms with E-state index >= 15 is 0 Å². The highest BCUT2D eigenvalue weighted by atomic mass is 32.2. The Morgan fingerprint density at radius 3 is 2.14 bits per heavy atom. The van der Waals surface area contributed by atoms with Gasteiger partial charge in [-0.25, -0.2) is 0 Å². The fourth-order valence-electron chi connectivity index (χ4n) is 3.47. The van der Waals surface area contributed by atoms with Gasteiger partial charge in [-0.1, -0.05) is 38.5 Å². The summed E-state index contributed by atoms with van der Waals surface area (Å²) >= 11 is 0. The highest BCUT2D eigenvalue weighted by Gasteiger charge is 2.44. The molecule has 21 heavy (non-hydrogen) atoms. The van der Waals surface area contributed by atoms with Crippen molar-refractivity contribution in [3.63, 3.8) is 0 Å². The van der Waals surface area contributed by atoms with Crippen molar-refractivity contribution in [2.24, 2.45) is 0 Å². The van der Waals surface area contributed by atoms with E-state index in [1.807, 2.05) is 0 Å². The lowest BCUT2D eigenvalue weighted by Crippen LogP contribution is -2.59. The van der Waals surface area contributed by atoms with Gasteiger partial charge in [0.1, 0.15) is 5.54 Å². The van der Waals surface area contributed by atoms with Gasteiger partial charge < -0.3 is 5.11 Å². The van der Waals surface area contributed by atoms with Crippen molar-refractivity contribution in [1.82, 2.24) is 9.03 Å². The number of carboxylic acids is 1. The first-order valence-corrected chi connectivity index (χ1v) is 9.32. The van der Waals surface area contributed by atoms with Gasteiger partial charge in [-0.3, -0.25) is 4.79 Å². The molecule has 0 heterocycles. The van der Waals surface area contributed by atoms with Crippen LogP contribution >= 0.6 is 0 Å². The molecule has 0 spiro atoms. The molecule has 0 bridgehead atoms. The summed E-state index contributed by atoms with van der Waals surface area (Å²) in [6, 6.07) is -0.00862. The number of nitrogens with one attached hydrogen (secondary N) is 1. The van der Waals surface area contributed by atoms with E-state index in [9.17, 15) is 18.3 Å². The van der Waals surface area contributed by atoms with E-state index in [1.165, 1.54) is 4.31 Å². The SMILES string of the molecule is CN(C1CCCCC1)S(=O)(=O)NC1(C(=O)O)CCCCC1. The van der Waals surface area contributed by atoms with Gasteiger partial charge in [0.2, 0.25) is 0 Å². The molecule has 2 aliphatic carbocycles. The van der Waals surface area contributed by atoms with Gasteiger partial charge in [0, 0.05) is 13.1 Å². The van der Waals surface area contributed by atoms with Crippen LogP contribution in [0.2, 0.25) is 0 Å². The van der Waals surface area contributed by atoms with Crippen molar-refractivity contribution < 1.29 is 18.3 Å². The molecule has 0 amide bonds. The Hall–Kier alpha value is -0.660. The number of hydrogen-bond acceptors (Lipinski definition) is 3. The molecule has 0 aromatic heterocycles. The van der Waals surface area contributed by atoms with Crippen molar-refractivity contribution >= 4 is 16.2 Å². The number of carbonyl (C=O) groups is 1. The summed E-state index contributed by atoms with van der Waals surface area (Å²) < 4.78 is 29.0. The molecule has 0 atom stereocenters. The monoisotopic (exact) mass is 318 g/mol. The van der Waals surface area contributed by atoms with Gasteiger partial charge in [0.15, 0.2) is 0 Å². The maximum absolute atomic E-state index is 12.6. The predicted molar refractivity (Wildman–Crippen MR) is 80.1 cm³/mol. The summed E-state index contributed by atoms with van der Waals surface area (Å²) in [5.41, 5.74) is -1.32. The Morgan fingerprint density at radius 1 is 1.10 bits per heavy atom. The van der Waals surface area contributed by atoms with Crippen LogP contribution in [0.25, 0.3) is 0 Å². The smallest absolute Gasteiger partial charge is 0.324 e. The number of hydrogen-bond donors (Lipinski definition) is 2. The molecule has 122 valence electrons. The number of carboxylic acid groups (broad SMARTS) is 1. The highest BCUT2D eigenvalue weighted by molar-refractivity contribution is 7.87. The Balaban J connectivity index is 2.12. The number of nitrogens with zero attached hydrogens (tertiary/aromatic N) is 1. The fourth-order valence-corrected chi connectivity index (χ4v) is 5.01. The first-order valence-electron chi connectivity index (χ1n) is 7.88. The third-order valence-corrected chi connectivity index (χ3v) is 6.61. The molecule has 0 aromatic carbocycles. The minimum Gasteiger partial charge on any atom is -0.480 e. The van der Waals surface area contributed by atoms with Gasteiger partial charge in [0.25, 0.3) is 10.2 Å². The Kier molecular flexibility index (Phi) is 5.27. The molecule has 2 fully saturated rings. The lowest BCUT2D eigenvalue weighted by atomic mass is 9.83. The van der Waals surface area contributed by atoms with E-state index in [1.54, 1.807) is 7.05 Å². The zero-order chi connectivity index (χ0) is 15.5. The van der Waals surface area contributed by atoms with E-state index in [4.69, 9.17) is 0 Å². The molecule has 2 rings (SSSR count). The summed E-state index contributed by atoms with van der Waals surface area (Å²) in [6.07, 6.45) is 8.16. The van der Waals surface area contributed by atoms with Crippen LogP contribution in [0, 0.1) is 0 Å². The van der Waals surface area contributed by atoms with Gasteiger partial charge in [-0.15, -0.1) is 0 Å². The Morgan fingerprint density at radius 2 is 1.62 bits per heavy atom. The molecule has 0 aromatic rings. The van der Waals surface area contributed by atoms with Crippen LogP contribution in [0.3, 0.4) is 0 Å². The summed E-state index contributed by atoms with van der Waals surface area (Å²) in [6.45, 7) is 0. The van der Waals surface area contributed by atoms with Crippen LogP contribution in [0.1, 0.15) is 64.2 Å². The second-order valence-electron chi connectivity index (χ2n) is 6.36. The lowest BCUT2D eigenvalue weighted by molar-refractivity contribution is -0.145. The Labute approximate surface area is 127 Å². The van der Waals surface area contributed by atoms with Crippen molar-refractivity contribution in [2.75, 3.05) is 7.05 Å². The third-order valence-electron chi connectivity index (χ3n) is 4.91. The van der Waals surface area contributed by atoms with Crippen LogP contribution < -0.4 is 4.72 Å². The van der Waals surface area contributed by atoms with E-state index < -0.39 is 21.7 Å². The lowest BCUT2D eigenvalue weighted by Gasteiger charge is -2.37. The first-order chi connectivity index (χ1) is 9.87. The predicted octanol–water partition coefficient (Wildman–Crippen LogP) is 1.87. The molecule has 0 radical (unpaired) electrons. The van der Waals surface area contributed by atoms with Crippen LogP contribution in [0.15, 0.2) is 0 Å². The summed E-state index contributed by atoms with van der Waals surface area (Å²) in [5, 5.41) is 9.50. The molecule has 0 saturated heterocycles. The number of aliphatic carboxylic acids is 1. The van der Waals surface area contributed by atoms with Gasteiger partial charge >= 0.3 is 5.97 Å². The maximum Gasteiger partial charge on any atom is 0.324 e. The third kappa shape index (κ3) is 3.76. The molecule has 6 nitrogen and oxygen atoms in total. The average molecular weight is 318 g/mol. The highest BCUT2D eigenvalue weighted by Crippen LogP contribution is 2.30. The van der Waals surface area contributed by atoms with Crippen LogP contribution in [-0.2, 0) is 15.0 Å². The van der Waals surface area contributed by atoms with Gasteiger partial charge in [-0.05, 0) is 25.7 Å². The second-order valence-corrected chi connectivity index (χ2v) is 8.09. The zero-order valence-corrected chi connectivity index (χ0v) is 13.5. The van der Waals surface area contributed by atoms with Gasteiger partial charge in [0.05, 0.1) is 0 Å². The molecule has 2 aliphatic rings. The van der Waals surface area contributed by atoms with Crippen molar-refractivity contribution in [3.05, 3.63) is 0 Å². The maximum atomic E-state index is 12.6. The van der Waals surface area contributed by atoms with E-state index in [0.717, 1.165) is 51.4 Å². The van der Waals surface area contributed by atoms with Crippen LogP contribution in [0.4, 0.5) is 0 Å². The molecule has 0 aliphatic heterocycles. The standard InChI is InChI=1S/C14H26N2O4S/c1-16(12-8-4-2-5-9-12)21(19,20)15-14(13(17)18)10-6-3-7-11-14/h12,15H,2-11H2,1H3,(H,17,18). The van der Waals surface area contributed by atoms with E-state index in [2.05, 4.69) is 4.72 Å². The normalized spacial score (nSPS) is 24.1. The molecular weight excluding hydrogens is 292 g/mol. The fraction of sp³-hybridized carbons (Fsp3) is 0.929. The Bertz CT molecular complexity index is 465. The quantitative estimate of drug-likeness (QED) is 0.810. The van der Waals surface area contributed by atoms with Crippen molar-refractivity contribution in [1.29, 1.82) is 0 Å². The van der Waals surface area contributed by atoms with Crippen molar-refractivity contribution in [2.45, 2.75) is 75.8 Å². The van der Waals surface area contributed by atoms with Crippen molar-refractivity contribution in [3.8, 4) is 0 Å². The molecular formula is C14H26N2O4S. The minimum atomic E-state index is -3.76. The average Bonchev–Trinajstić information content (AvgIpc) is 2.47. The zero-order valence-electron chi connectivity index (χ0n) is 12.7. The summed E-state index contributed by atoms with van der Waals surface area (Å²) in [4.78, 5) is 11.6. The molecule has 2 saturated carbocycles. The molecule has 2 N–H and O–H groups in total. The topological polar surface area (TPSA) is 86.7 Å². The molecule has 0 unspecified atom stereocenters. The molecule has 7 heteroatoms. The first kappa shape index (κ1) is 16.7. The summed E-state index contributed by atoms with van der Waals surface area (Å²) in [7, 11) is -2.19. The number of rotatable bonds is 5. The van der Waals surface area contributed by atoms with Gasteiger partial charge in [-0.2, -0.15) is 17.4 Å². The van der Waals surface area contributed by atoms with E-state index in [0.29, 0.717) is 12.8 Å².